The Morgan fingerprint density at radius 2 is 1.08 bits per heavy atom. The van der Waals surface area contributed by atoms with E-state index in [9.17, 15) is 9.59 Å². The summed E-state index contributed by atoms with van der Waals surface area (Å²) in [6.07, 6.45) is 0. The standard InChI is InChI=1S/C18H12N2O4/c21-17(23-15-9-11-5-1-3-7-13(11)19-15)18(22)24-16-10-12-6-2-4-8-14(12)20-16/h1-10,19-20H. The van der Waals surface area contributed by atoms with E-state index in [0.29, 0.717) is 0 Å². The molecule has 118 valence electrons. The lowest BCUT2D eigenvalue weighted by Crippen LogP contribution is -2.25. The van der Waals surface area contributed by atoms with Crippen LogP contribution < -0.4 is 9.47 Å². The molecule has 24 heavy (non-hydrogen) atoms. The lowest BCUT2D eigenvalue weighted by molar-refractivity contribution is -0.156. The van der Waals surface area contributed by atoms with Crippen molar-refractivity contribution in [1.82, 2.24) is 9.97 Å². The second kappa shape index (κ2) is 5.58. The molecule has 4 aromatic rings. The second-order valence-corrected chi connectivity index (χ2v) is 5.22. The molecule has 0 amide bonds. The normalized spacial score (nSPS) is 10.8. The first-order chi connectivity index (χ1) is 11.7. The smallest absolute Gasteiger partial charge is 0.401 e. The van der Waals surface area contributed by atoms with E-state index in [-0.39, 0.29) is 11.8 Å². The average molecular weight is 320 g/mol. The summed E-state index contributed by atoms with van der Waals surface area (Å²) in [7, 11) is 0. The number of esters is 2. The summed E-state index contributed by atoms with van der Waals surface area (Å²) in [6, 6.07) is 18.1. The van der Waals surface area contributed by atoms with Crippen molar-refractivity contribution in [2.24, 2.45) is 0 Å². The highest BCUT2D eigenvalue weighted by Crippen LogP contribution is 2.21. The van der Waals surface area contributed by atoms with Crippen molar-refractivity contribution in [3.05, 3.63) is 60.7 Å². The van der Waals surface area contributed by atoms with Gasteiger partial charge in [-0.15, -0.1) is 0 Å². The fraction of sp³-hybridized carbons (Fsp3) is 0. The number of hydrogen-bond donors (Lipinski definition) is 2. The van der Waals surface area contributed by atoms with E-state index in [1.807, 2.05) is 48.5 Å². The Bertz CT molecular complexity index is 909. The Balaban J connectivity index is 1.48. The number of rotatable bonds is 2. The number of hydrogen-bond acceptors (Lipinski definition) is 4. The van der Waals surface area contributed by atoms with Crippen LogP contribution in [0.3, 0.4) is 0 Å². The summed E-state index contributed by atoms with van der Waals surface area (Å²) >= 11 is 0. The molecule has 2 N–H and O–H groups in total. The molecule has 0 saturated heterocycles. The number of carbonyl (C=O) groups excluding carboxylic acids is 2. The van der Waals surface area contributed by atoms with E-state index in [1.165, 1.54) is 0 Å². The molecule has 0 aliphatic carbocycles. The Morgan fingerprint density at radius 3 is 1.50 bits per heavy atom. The number of aromatic nitrogens is 2. The molecule has 0 saturated carbocycles. The summed E-state index contributed by atoms with van der Waals surface area (Å²) in [6.45, 7) is 0. The molecule has 0 fully saturated rings. The molecule has 0 atom stereocenters. The molecule has 0 aliphatic heterocycles. The molecule has 0 radical (unpaired) electrons. The lowest BCUT2D eigenvalue weighted by Gasteiger charge is -2.01. The zero-order valence-electron chi connectivity index (χ0n) is 12.4. The fourth-order valence-electron chi connectivity index (χ4n) is 2.49. The minimum atomic E-state index is -1.10. The maximum Gasteiger partial charge on any atom is 0.424 e. The molecule has 2 heterocycles. The van der Waals surface area contributed by atoms with Crippen LogP contribution in [-0.2, 0) is 9.59 Å². The van der Waals surface area contributed by atoms with E-state index in [0.717, 1.165) is 21.8 Å². The highest BCUT2D eigenvalue weighted by molar-refractivity contribution is 6.31. The van der Waals surface area contributed by atoms with E-state index < -0.39 is 11.9 Å². The molecular formula is C18H12N2O4. The molecular weight excluding hydrogens is 308 g/mol. The third-order valence-corrected chi connectivity index (χ3v) is 3.58. The average Bonchev–Trinajstić information content (AvgIpc) is 3.16. The Morgan fingerprint density at radius 1 is 0.667 bits per heavy atom. The lowest BCUT2D eigenvalue weighted by atomic mass is 10.3. The third-order valence-electron chi connectivity index (χ3n) is 3.58. The summed E-state index contributed by atoms with van der Waals surface area (Å²) < 4.78 is 10.0. The Labute approximate surface area is 136 Å². The van der Waals surface area contributed by atoms with Crippen LogP contribution in [-0.4, -0.2) is 21.9 Å². The van der Waals surface area contributed by atoms with Crippen LogP contribution in [0.4, 0.5) is 0 Å². The maximum absolute atomic E-state index is 11.9. The Hall–Kier alpha value is -3.54. The van der Waals surface area contributed by atoms with Crippen molar-refractivity contribution in [2.75, 3.05) is 0 Å². The van der Waals surface area contributed by atoms with Gasteiger partial charge in [0.2, 0.25) is 11.8 Å². The van der Waals surface area contributed by atoms with Crippen molar-refractivity contribution < 1.29 is 19.1 Å². The first kappa shape index (κ1) is 14.1. The minimum Gasteiger partial charge on any atom is -0.401 e. The van der Waals surface area contributed by atoms with E-state index in [4.69, 9.17) is 9.47 Å². The van der Waals surface area contributed by atoms with Crippen LogP contribution in [0.2, 0.25) is 0 Å². The second-order valence-electron chi connectivity index (χ2n) is 5.22. The highest BCUT2D eigenvalue weighted by atomic mass is 16.6. The quantitative estimate of drug-likeness (QED) is 0.439. The zero-order chi connectivity index (χ0) is 16.5. The summed E-state index contributed by atoms with van der Waals surface area (Å²) in [4.78, 5) is 29.6. The van der Waals surface area contributed by atoms with Crippen LogP contribution in [0.25, 0.3) is 21.8 Å². The van der Waals surface area contributed by atoms with Gasteiger partial charge in [-0.3, -0.25) is 0 Å². The van der Waals surface area contributed by atoms with Gasteiger partial charge in [0.05, 0.1) is 0 Å². The molecule has 2 aromatic heterocycles. The van der Waals surface area contributed by atoms with Crippen molar-refractivity contribution in [3.63, 3.8) is 0 Å². The van der Waals surface area contributed by atoms with Crippen molar-refractivity contribution in [1.29, 1.82) is 0 Å². The topological polar surface area (TPSA) is 84.2 Å². The van der Waals surface area contributed by atoms with E-state index >= 15 is 0 Å². The summed E-state index contributed by atoms with van der Waals surface area (Å²) in [5.74, 6) is -1.81. The van der Waals surface area contributed by atoms with E-state index in [2.05, 4.69) is 9.97 Å². The summed E-state index contributed by atoms with van der Waals surface area (Å²) in [5.41, 5.74) is 1.62. The molecule has 4 rings (SSSR count). The first-order valence-corrected chi connectivity index (χ1v) is 7.28. The van der Waals surface area contributed by atoms with Gasteiger partial charge in [-0.2, -0.15) is 0 Å². The number of H-pyrrole nitrogens is 2. The molecule has 0 spiro atoms. The van der Waals surface area contributed by atoms with Gasteiger partial charge in [0.15, 0.2) is 0 Å². The first-order valence-electron chi connectivity index (χ1n) is 7.28. The number of nitrogens with one attached hydrogen (secondary N) is 2. The minimum absolute atomic E-state index is 0.190. The number of benzene rings is 2. The van der Waals surface area contributed by atoms with Crippen LogP contribution in [0.15, 0.2) is 60.7 Å². The van der Waals surface area contributed by atoms with Gasteiger partial charge in [0.25, 0.3) is 0 Å². The SMILES string of the molecule is O=C(Oc1cc2ccccc2[nH]1)C(=O)Oc1cc2ccccc2[nH]1. The number of aromatic amines is 2. The monoisotopic (exact) mass is 320 g/mol. The number of para-hydroxylation sites is 2. The van der Waals surface area contributed by atoms with Crippen LogP contribution in [0, 0.1) is 0 Å². The van der Waals surface area contributed by atoms with Gasteiger partial charge >= 0.3 is 11.9 Å². The van der Waals surface area contributed by atoms with Gasteiger partial charge in [0.1, 0.15) is 0 Å². The largest absolute Gasteiger partial charge is 0.424 e. The molecule has 2 aromatic carbocycles. The van der Waals surface area contributed by atoms with Crippen molar-refractivity contribution >= 4 is 33.7 Å². The number of fused-ring (bicyclic) bond motifs is 2. The van der Waals surface area contributed by atoms with Gasteiger partial charge in [-0.25, -0.2) is 9.59 Å². The summed E-state index contributed by atoms with van der Waals surface area (Å²) in [5, 5.41) is 1.76. The molecule has 6 heteroatoms. The predicted molar refractivity (Wildman–Crippen MR) is 87.9 cm³/mol. The van der Waals surface area contributed by atoms with Crippen molar-refractivity contribution in [3.8, 4) is 11.8 Å². The van der Waals surface area contributed by atoms with Gasteiger partial charge in [0, 0.05) is 33.9 Å². The van der Waals surface area contributed by atoms with Crippen LogP contribution in [0.1, 0.15) is 0 Å². The van der Waals surface area contributed by atoms with E-state index in [1.54, 1.807) is 12.1 Å². The van der Waals surface area contributed by atoms with Crippen molar-refractivity contribution in [2.45, 2.75) is 0 Å². The van der Waals surface area contributed by atoms with Gasteiger partial charge in [-0.1, -0.05) is 36.4 Å². The third kappa shape index (κ3) is 2.61. The molecule has 0 aliphatic rings. The fourth-order valence-corrected chi connectivity index (χ4v) is 2.49. The van der Waals surface area contributed by atoms with Gasteiger partial charge in [-0.05, 0) is 12.1 Å². The Kier molecular flexibility index (Phi) is 3.28. The van der Waals surface area contributed by atoms with Crippen LogP contribution >= 0.6 is 0 Å². The van der Waals surface area contributed by atoms with Gasteiger partial charge < -0.3 is 19.4 Å². The number of ether oxygens (including phenoxy) is 2. The highest BCUT2D eigenvalue weighted by Gasteiger charge is 2.21. The van der Waals surface area contributed by atoms with Crippen LogP contribution in [0.5, 0.6) is 11.8 Å². The molecule has 0 unspecified atom stereocenters. The molecule has 0 bridgehead atoms. The predicted octanol–water partition coefficient (Wildman–Crippen LogP) is 3.16. The zero-order valence-corrected chi connectivity index (χ0v) is 12.4. The maximum atomic E-state index is 11.9. The number of carbonyl (C=O) groups is 2. The molecule has 6 nitrogen and oxygen atoms in total.